The van der Waals surface area contributed by atoms with Crippen LogP contribution in [0.1, 0.15) is 12.5 Å². The van der Waals surface area contributed by atoms with Crippen molar-refractivity contribution in [2.24, 2.45) is 0 Å². The van der Waals surface area contributed by atoms with Crippen LogP contribution in [-0.4, -0.2) is 47.9 Å². The van der Waals surface area contributed by atoms with Crippen molar-refractivity contribution < 1.29 is 9.59 Å². The minimum absolute atomic E-state index is 0.000674. The lowest BCUT2D eigenvalue weighted by Crippen LogP contribution is -2.46. The maximum Gasteiger partial charge on any atom is 0.242 e. The average Bonchev–Trinajstić information content (AvgIpc) is 2.48. The van der Waals surface area contributed by atoms with Gasteiger partial charge in [-0.2, -0.15) is 11.8 Å². The molecule has 1 saturated heterocycles. The Hall–Kier alpha value is -1.53. The first-order valence-electron chi connectivity index (χ1n) is 6.99. The summed E-state index contributed by atoms with van der Waals surface area (Å²) in [5.41, 5.74) is 1.77. The Morgan fingerprint density at radius 2 is 2.29 bits per heavy atom. The van der Waals surface area contributed by atoms with E-state index in [0.29, 0.717) is 6.54 Å². The summed E-state index contributed by atoms with van der Waals surface area (Å²) in [6.07, 6.45) is 0. The summed E-state index contributed by atoms with van der Waals surface area (Å²) in [5, 5.41) is 6.15. The second kappa shape index (κ2) is 7.47. The number of anilines is 1. The predicted molar refractivity (Wildman–Crippen MR) is 86.3 cm³/mol. The normalized spacial score (nSPS) is 18.1. The third-order valence-corrected chi connectivity index (χ3v) is 4.45. The molecule has 0 aliphatic carbocycles. The lowest BCUT2D eigenvalue weighted by atomic mass is 10.2. The summed E-state index contributed by atoms with van der Waals surface area (Å²) in [5.74, 6) is 1.88. The van der Waals surface area contributed by atoms with Crippen LogP contribution in [0.15, 0.2) is 24.3 Å². The van der Waals surface area contributed by atoms with Crippen molar-refractivity contribution in [1.82, 2.24) is 10.2 Å². The van der Waals surface area contributed by atoms with Crippen LogP contribution < -0.4 is 10.6 Å². The second-order valence-electron chi connectivity index (χ2n) is 5.15. The Balaban J connectivity index is 1.97. The van der Waals surface area contributed by atoms with Crippen molar-refractivity contribution in [2.45, 2.75) is 19.5 Å². The lowest BCUT2D eigenvalue weighted by Gasteiger charge is -2.22. The van der Waals surface area contributed by atoms with Gasteiger partial charge in [0, 0.05) is 44.3 Å². The molecule has 2 rings (SSSR count). The maximum atomic E-state index is 12.2. The van der Waals surface area contributed by atoms with E-state index in [2.05, 4.69) is 10.6 Å². The van der Waals surface area contributed by atoms with Gasteiger partial charge in [0.25, 0.3) is 0 Å². The smallest absolute Gasteiger partial charge is 0.242 e. The molecule has 6 heteroatoms. The molecule has 0 aromatic heterocycles. The van der Waals surface area contributed by atoms with E-state index < -0.39 is 0 Å². The van der Waals surface area contributed by atoms with Gasteiger partial charge in [0.1, 0.15) is 0 Å². The summed E-state index contributed by atoms with van der Waals surface area (Å²) in [4.78, 5) is 25.1. The minimum Gasteiger partial charge on any atom is -0.342 e. The second-order valence-corrected chi connectivity index (χ2v) is 6.30. The van der Waals surface area contributed by atoms with Crippen LogP contribution in [0.4, 0.5) is 5.69 Å². The molecule has 0 bridgehead atoms. The maximum absolute atomic E-state index is 12.2. The first-order valence-corrected chi connectivity index (χ1v) is 8.14. The van der Waals surface area contributed by atoms with Gasteiger partial charge in [0.2, 0.25) is 11.8 Å². The highest BCUT2D eigenvalue weighted by molar-refractivity contribution is 7.99. The van der Waals surface area contributed by atoms with Gasteiger partial charge in [-0.05, 0) is 17.7 Å². The Labute approximate surface area is 129 Å². The van der Waals surface area contributed by atoms with Crippen LogP contribution in [-0.2, 0) is 16.1 Å². The quantitative estimate of drug-likeness (QED) is 0.880. The van der Waals surface area contributed by atoms with Gasteiger partial charge in [-0.3, -0.25) is 9.59 Å². The van der Waals surface area contributed by atoms with Crippen LogP contribution in [0.25, 0.3) is 0 Å². The molecule has 1 fully saturated rings. The van der Waals surface area contributed by atoms with Crippen LogP contribution in [0.5, 0.6) is 0 Å². The van der Waals surface area contributed by atoms with Gasteiger partial charge < -0.3 is 15.5 Å². The summed E-state index contributed by atoms with van der Waals surface area (Å²) in [6.45, 7) is 2.95. The number of hydrogen-bond acceptors (Lipinski definition) is 4. The number of carbonyl (C=O) groups excluding carboxylic acids is 2. The molecule has 0 saturated carbocycles. The number of nitrogens with one attached hydrogen (secondary N) is 2. The van der Waals surface area contributed by atoms with Gasteiger partial charge in [0.05, 0.1) is 6.04 Å². The highest BCUT2D eigenvalue weighted by Gasteiger charge is 2.20. The van der Waals surface area contributed by atoms with Crippen molar-refractivity contribution >= 4 is 29.3 Å². The van der Waals surface area contributed by atoms with E-state index in [0.717, 1.165) is 29.3 Å². The van der Waals surface area contributed by atoms with E-state index in [1.165, 1.54) is 6.92 Å². The molecular weight excluding hydrogens is 286 g/mol. The van der Waals surface area contributed by atoms with Crippen LogP contribution in [0.3, 0.4) is 0 Å². The third-order valence-electron chi connectivity index (χ3n) is 3.39. The number of thioether (sulfide) groups is 1. The number of carbonyl (C=O) groups is 2. The topological polar surface area (TPSA) is 61.4 Å². The van der Waals surface area contributed by atoms with Crippen molar-refractivity contribution in [3.8, 4) is 0 Å². The fraction of sp³-hybridized carbons (Fsp3) is 0.467. The zero-order chi connectivity index (χ0) is 15.2. The lowest BCUT2D eigenvalue weighted by molar-refractivity contribution is -0.128. The average molecular weight is 307 g/mol. The van der Waals surface area contributed by atoms with Gasteiger partial charge >= 0.3 is 0 Å². The summed E-state index contributed by atoms with van der Waals surface area (Å²) < 4.78 is 0. The van der Waals surface area contributed by atoms with Gasteiger partial charge in [0.15, 0.2) is 0 Å². The van der Waals surface area contributed by atoms with Crippen LogP contribution >= 0.6 is 11.8 Å². The van der Waals surface area contributed by atoms with Gasteiger partial charge in [-0.25, -0.2) is 0 Å². The standard InChI is InChI=1S/C15H21N3O2S/c1-11(19)18(2)9-12-4-3-5-13(8-12)17-15(20)14-10-21-7-6-16-14/h3-5,8,14,16H,6-7,9-10H2,1-2H3,(H,17,20). The van der Waals surface area contributed by atoms with Crippen molar-refractivity contribution in [1.29, 1.82) is 0 Å². The number of amides is 2. The molecule has 1 unspecified atom stereocenters. The summed E-state index contributed by atoms with van der Waals surface area (Å²) in [6, 6.07) is 7.48. The van der Waals surface area contributed by atoms with Crippen molar-refractivity contribution in [2.75, 3.05) is 30.4 Å². The molecule has 0 spiro atoms. The van der Waals surface area contributed by atoms with Gasteiger partial charge in [-0.15, -0.1) is 0 Å². The molecule has 5 nitrogen and oxygen atoms in total. The molecule has 114 valence electrons. The van der Waals surface area contributed by atoms with Crippen molar-refractivity contribution in [3.63, 3.8) is 0 Å². The van der Waals surface area contributed by atoms with E-state index in [-0.39, 0.29) is 17.9 Å². The molecule has 1 aromatic carbocycles. The fourth-order valence-corrected chi connectivity index (χ4v) is 3.03. The molecule has 1 atom stereocenters. The molecule has 0 radical (unpaired) electrons. The van der Waals surface area contributed by atoms with Crippen LogP contribution in [0, 0.1) is 0 Å². The Bertz CT molecular complexity index is 515. The SMILES string of the molecule is CC(=O)N(C)Cc1cccc(NC(=O)C2CSCCN2)c1. The molecule has 1 aromatic rings. The molecule has 2 amide bonds. The van der Waals surface area contributed by atoms with E-state index in [9.17, 15) is 9.59 Å². The van der Waals surface area contributed by atoms with E-state index >= 15 is 0 Å². The van der Waals surface area contributed by atoms with E-state index in [4.69, 9.17) is 0 Å². The molecular formula is C15H21N3O2S. The minimum atomic E-state index is -0.132. The molecule has 1 aliphatic heterocycles. The first-order chi connectivity index (χ1) is 10.1. The molecule has 21 heavy (non-hydrogen) atoms. The molecule has 1 heterocycles. The van der Waals surface area contributed by atoms with Crippen LogP contribution in [0.2, 0.25) is 0 Å². The van der Waals surface area contributed by atoms with E-state index in [1.807, 2.05) is 24.3 Å². The Kier molecular flexibility index (Phi) is 5.64. The van der Waals surface area contributed by atoms with Gasteiger partial charge in [-0.1, -0.05) is 12.1 Å². The highest BCUT2D eigenvalue weighted by atomic mass is 32.2. The zero-order valence-corrected chi connectivity index (χ0v) is 13.2. The monoisotopic (exact) mass is 307 g/mol. The number of benzene rings is 1. The number of nitrogens with zero attached hydrogens (tertiary/aromatic N) is 1. The van der Waals surface area contributed by atoms with E-state index in [1.54, 1.807) is 23.7 Å². The molecule has 2 N–H and O–H groups in total. The predicted octanol–water partition coefficient (Wildman–Crippen LogP) is 1.31. The first kappa shape index (κ1) is 15.9. The summed E-state index contributed by atoms with van der Waals surface area (Å²) >= 11 is 1.79. The van der Waals surface area contributed by atoms with Crippen molar-refractivity contribution in [3.05, 3.63) is 29.8 Å². The third kappa shape index (κ3) is 4.75. The number of hydrogen-bond donors (Lipinski definition) is 2. The molecule has 1 aliphatic rings. The number of rotatable bonds is 4. The Morgan fingerprint density at radius 1 is 1.48 bits per heavy atom. The largest absolute Gasteiger partial charge is 0.342 e. The summed E-state index contributed by atoms with van der Waals surface area (Å²) in [7, 11) is 1.76. The highest BCUT2D eigenvalue weighted by Crippen LogP contribution is 2.14. The Morgan fingerprint density at radius 3 is 2.95 bits per heavy atom. The fourth-order valence-electron chi connectivity index (χ4n) is 2.10. The zero-order valence-electron chi connectivity index (χ0n) is 12.4.